The second kappa shape index (κ2) is 9.08. The van der Waals surface area contributed by atoms with Crippen LogP contribution in [0.2, 0.25) is 10.0 Å². The Balaban J connectivity index is 1.76. The highest BCUT2D eigenvalue weighted by atomic mass is 35.5. The van der Waals surface area contributed by atoms with Crippen LogP contribution in [0.15, 0.2) is 66.7 Å². The molecule has 3 rings (SSSR count). The van der Waals surface area contributed by atoms with Gasteiger partial charge in [-0.3, -0.25) is 9.10 Å². The van der Waals surface area contributed by atoms with Gasteiger partial charge in [-0.1, -0.05) is 47.5 Å². The topological polar surface area (TPSA) is 66.5 Å². The van der Waals surface area contributed by atoms with Crippen LogP contribution < -0.4 is 9.62 Å². The summed E-state index contributed by atoms with van der Waals surface area (Å²) in [6, 6.07) is 18.7. The first-order valence-electron chi connectivity index (χ1n) is 9.03. The molecule has 1 N–H and O–H groups in total. The van der Waals surface area contributed by atoms with Crippen molar-refractivity contribution in [2.75, 3.05) is 15.9 Å². The fourth-order valence-corrected chi connectivity index (χ4v) is 4.08. The number of nitrogens with one attached hydrogen (secondary N) is 1. The summed E-state index contributed by atoms with van der Waals surface area (Å²) in [5, 5.41) is 3.82. The smallest absolute Gasteiger partial charge is 0.255 e. The molecular weight excluding hydrogens is 443 g/mol. The molecule has 0 aliphatic rings. The van der Waals surface area contributed by atoms with E-state index >= 15 is 0 Å². The number of amides is 1. The Bertz CT molecular complexity index is 1180. The molecule has 0 spiro atoms. The average molecular weight is 463 g/mol. The molecule has 3 aromatic rings. The Labute approximate surface area is 186 Å². The number of carbonyl (C=O) groups excluding carboxylic acids is 1. The fourth-order valence-electron chi connectivity index (χ4n) is 2.83. The molecule has 0 atom stereocenters. The first-order chi connectivity index (χ1) is 14.1. The van der Waals surface area contributed by atoms with Gasteiger partial charge in [0.1, 0.15) is 0 Å². The van der Waals surface area contributed by atoms with Gasteiger partial charge in [-0.25, -0.2) is 8.42 Å². The molecule has 156 valence electrons. The Hall–Kier alpha value is -2.54. The summed E-state index contributed by atoms with van der Waals surface area (Å²) in [5.41, 5.74) is 3.18. The molecule has 30 heavy (non-hydrogen) atoms. The number of benzene rings is 3. The van der Waals surface area contributed by atoms with Crippen LogP contribution in [0.25, 0.3) is 0 Å². The molecule has 0 aromatic heterocycles. The normalized spacial score (nSPS) is 11.2. The lowest BCUT2D eigenvalue weighted by atomic mass is 10.1. The van der Waals surface area contributed by atoms with Crippen LogP contribution in [0.4, 0.5) is 11.4 Å². The van der Waals surface area contributed by atoms with E-state index in [0.29, 0.717) is 27.0 Å². The molecule has 0 aliphatic carbocycles. The third-order valence-electron chi connectivity index (χ3n) is 4.47. The molecule has 0 radical (unpaired) electrons. The summed E-state index contributed by atoms with van der Waals surface area (Å²) < 4.78 is 25.8. The monoisotopic (exact) mass is 462 g/mol. The average Bonchev–Trinajstić information content (AvgIpc) is 2.68. The number of nitrogens with zero attached hydrogens (tertiary/aromatic N) is 1. The summed E-state index contributed by atoms with van der Waals surface area (Å²) in [5.74, 6) is -0.281. The van der Waals surface area contributed by atoms with Gasteiger partial charge in [-0.15, -0.1) is 0 Å². The van der Waals surface area contributed by atoms with Gasteiger partial charge in [-0.2, -0.15) is 0 Å². The van der Waals surface area contributed by atoms with Crippen LogP contribution in [0.3, 0.4) is 0 Å². The minimum absolute atomic E-state index is 0.120. The highest BCUT2D eigenvalue weighted by molar-refractivity contribution is 7.92. The van der Waals surface area contributed by atoms with E-state index in [9.17, 15) is 13.2 Å². The zero-order valence-electron chi connectivity index (χ0n) is 16.4. The van der Waals surface area contributed by atoms with Crippen LogP contribution in [-0.2, 0) is 16.6 Å². The van der Waals surface area contributed by atoms with Gasteiger partial charge in [0.15, 0.2) is 0 Å². The van der Waals surface area contributed by atoms with Crippen LogP contribution in [0.5, 0.6) is 0 Å². The van der Waals surface area contributed by atoms with E-state index in [1.54, 1.807) is 60.7 Å². The number of halogens is 2. The number of rotatable bonds is 6. The van der Waals surface area contributed by atoms with Crippen LogP contribution in [0.1, 0.15) is 21.5 Å². The highest BCUT2D eigenvalue weighted by Gasteiger charge is 2.18. The molecule has 0 saturated heterocycles. The first kappa shape index (κ1) is 22.2. The van der Waals surface area contributed by atoms with Crippen LogP contribution in [0, 0.1) is 6.92 Å². The highest BCUT2D eigenvalue weighted by Crippen LogP contribution is 2.24. The van der Waals surface area contributed by atoms with E-state index < -0.39 is 10.0 Å². The van der Waals surface area contributed by atoms with Crippen molar-refractivity contribution in [3.63, 3.8) is 0 Å². The molecule has 0 bridgehead atoms. The summed E-state index contributed by atoms with van der Waals surface area (Å²) in [6.45, 7) is 2.00. The van der Waals surface area contributed by atoms with Gasteiger partial charge in [0.25, 0.3) is 5.91 Å². The van der Waals surface area contributed by atoms with Crippen molar-refractivity contribution in [3.8, 4) is 0 Å². The molecule has 0 unspecified atom stereocenters. The second-order valence-electron chi connectivity index (χ2n) is 6.86. The predicted molar refractivity (Wildman–Crippen MR) is 123 cm³/mol. The zero-order valence-corrected chi connectivity index (χ0v) is 18.7. The fraction of sp³-hybridized carbons (Fsp3) is 0.136. The molecule has 5 nitrogen and oxygen atoms in total. The quantitative estimate of drug-likeness (QED) is 0.524. The lowest BCUT2D eigenvalue weighted by Gasteiger charge is -2.22. The zero-order chi connectivity index (χ0) is 21.9. The van der Waals surface area contributed by atoms with Crippen molar-refractivity contribution in [2.24, 2.45) is 0 Å². The number of aryl methyl sites for hydroxylation is 1. The van der Waals surface area contributed by atoms with Crippen molar-refractivity contribution in [2.45, 2.75) is 13.5 Å². The molecule has 0 saturated carbocycles. The largest absolute Gasteiger partial charge is 0.322 e. The number of hydrogen-bond acceptors (Lipinski definition) is 3. The van der Waals surface area contributed by atoms with Gasteiger partial charge in [0.2, 0.25) is 10.0 Å². The minimum atomic E-state index is -3.52. The van der Waals surface area contributed by atoms with Crippen LogP contribution >= 0.6 is 23.2 Å². The van der Waals surface area contributed by atoms with Crippen LogP contribution in [-0.4, -0.2) is 20.6 Å². The van der Waals surface area contributed by atoms with Crippen molar-refractivity contribution in [1.82, 2.24) is 0 Å². The van der Waals surface area contributed by atoms with E-state index in [0.717, 1.165) is 17.4 Å². The van der Waals surface area contributed by atoms with Crippen molar-refractivity contribution in [1.29, 1.82) is 0 Å². The standard InChI is InChI=1S/C22H20Cl2N2O3S/c1-15-6-11-19(13-21(15)24)25-22(27)17-9-7-16(8-10-17)14-26(30(2,28)29)20-5-3-4-18(23)12-20/h3-13H,14H2,1-2H3,(H,25,27). The lowest BCUT2D eigenvalue weighted by molar-refractivity contribution is 0.102. The number of carbonyl (C=O) groups is 1. The molecule has 8 heteroatoms. The molecule has 3 aromatic carbocycles. The molecule has 0 aliphatic heterocycles. The minimum Gasteiger partial charge on any atom is -0.322 e. The maximum absolute atomic E-state index is 12.5. The summed E-state index contributed by atoms with van der Waals surface area (Å²) >= 11 is 12.1. The molecule has 1 amide bonds. The third kappa shape index (κ3) is 5.53. The summed E-state index contributed by atoms with van der Waals surface area (Å²) in [4.78, 5) is 12.5. The Kier molecular flexibility index (Phi) is 6.71. The SMILES string of the molecule is Cc1ccc(NC(=O)c2ccc(CN(c3cccc(Cl)c3)S(C)(=O)=O)cc2)cc1Cl. The Morgan fingerprint density at radius 2 is 1.70 bits per heavy atom. The van der Waals surface area contributed by atoms with E-state index in [-0.39, 0.29) is 12.5 Å². The van der Waals surface area contributed by atoms with Gasteiger partial charge >= 0.3 is 0 Å². The molecular formula is C22H20Cl2N2O3S. The summed E-state index contributed by atoms with van der Waals surface area (Å²) in [7, 11) is -3.52. The van der Waals surface area contributed by atoms with Crippen molar-refractivity contribution >= 4 is 50.5 Å². The molecule has 0 heterocycles. The predicted octanol–water partition coefficient (Wildman–Crippen LogP) is 5.52. The van der Waals surface area contributed by atoms with Gasteiger partial charge in [0.05, 0.1) is 18.5 Å². The van der Waals surface area contributed by atoms with Crippen molar-refractivity contribution < 1.29 is 13.2 Å². The van der Waals surface area contributed by atoms with E-state index in [2.05, 4.69) is 5.32 Å². The van der Waals surface area contributed by atoms with E-state index in [4.69, 9.17) is 23.2 Å². The van der Waals surface area contributed by atoms with E-state index in [1.807, 2.05) is 13.0 Å². The second-order valence-corrected chi connectivity index (χ2v) is 9.61. The molecule has 0 fully saturated rings. The van der Waals surface area contributed by atoms with E-state index in [1.165, 1.54) is 4.31 Å². The first-order valence-corrected chi connectivity index (χ1v) is 11.6. The van der Waals surface area contributed by atoms with Gasteiger partial charge < -0.3 is 5.32 Å². The Morgan fingerprint density at radius 1 is 1.00 bits per heavy atom. The van der Waals surface area contributed by atoms with Crippen molar-refractivity contribution in [3.05, 3.63) is 93.5 Å². The lowest BCUT2D eigenvalue weighted by Crippen LogP contribution is -2.29. The number of sulfonamides is 1. The van der Waals surface area contributed by atoms with Gasteiger partial charge in [-0.05, 0) is 60.5 Å². The third-order valence-corrected chi connectivity index (χ3v) is 6.25. The van der Waals surface area contributed by atoms with Gasteiger partial charge in [0, 0.05) is 21.3 Å². The maximum Gasteiger partial charge on any atom is 0.255 e. The summed E-state index contributed by atoms with van der Waals surface area (Å²) in [6.07, 6.45) is 1.14. The number of hydrogen-bond donors (Lipinski definition) is 1. The maximum atomic E-state index is 12.5. The Morgan fingerprint density at radius 3 is 2.30 bits per heavy atom. The number of anilines is 2.